The Bertz CT molecular complexity index is 3170. The lowest BCUT2D eigenvalue weighted by Crippen LogP contribution is -2.10. The summed E-state index contributed by atoms with van der Waals surface area (Å²) in [7, 11) is 0. The quantitative estimate of drug-likeness (QED) is 0.156. The van der Waals surface area contributed by atoms with Crippen molar-refractivity contribution in [2.24, 2.45) is 0 Å². The lowest BCUT2D eigenvalue weighted by atomic mass is 9.91. The van der Waals surface area contributed by atoms with Gasteiger partial charge in [-0.3, -0.25) is 0 Å². The molecule has 0 aliphatic heterocycles. The molecule has 1 heterocycles. The van der Waals surface area contributed by atoms with Crippen molar-refractivity contribution in [2.45, 2.75) is 0 Å². The fourth-order valence-electron chi connectivity index (χ4n) is 8.77. The van der Waals surface area contributed by atoms with Crippen LogP contribution in [0.2, 0.25) is 0 Å². The maximum absolute atomic E-state index is 2.38. The second-order valence-corrected chi connectivity index (χ2v) is 14.5. The molecular formula is C54H36N2. The Morgan fingerprint density at radius 1 is 0.304 bits per heavy atom. The molecule has 0 amide bonds. The van der Waals surface area contributed by atoms with E-state index in [-0.39, 0.29) is 0 Å². The van der Waals surface area contributed by atoms with Crippen molar-refractivity contribution in [1.82, 2.24) is 4.57 Å². The first kappa shape index (κ1) is 32.0. The van der Waals surface area contributed by atoms with Crippen molar-refractivity contribution in [3.05, 3.63) is 218 Å². The number of hydrogen-bond acceptors (Lipinski definition) is 1. The van der Waals surface area contributed by atoms with Crippen LogP contribution in [0.5, 0.6) is 0 Å². The Hall–Kier alpha value is -7.42. The summed E-state index contributed by atoms with van der Waals surface area (Å²) in [6.07, 6.45) is 0. The van der Waals surface area contributed by atoms with E-state index in [1.54, 1.807) is 0 Å². The summed E-state index contributed by atoms with van der Waals surface area (Å²) in [6, 6.07) is 79.5. The molecule has 11 aromatic rings. The van der Waals surface area contributed by atoms with E-state index in [1.165, 1.54) is 76.4 Å². The van der Waals surface area contributed by atoms with E-state index in [2.05, 4.69) is 228 Å². The largest absolute Gasteiger partial charge is 0.310 e. The molecule has 56 heavy (non-hydrogen) atoms. The molecule has 0 N–H and O–H groups in total. The molecule has 10 aromatic carbocycles. The molecule has 0 atom stereocenters. The van der Waals surface area contributed by atoms with Crippen LogP contribution in [0.3, 0.4) is 0 Å². The zero-order valence-electron chi connectivity index (χ0n) is 30.7. The van der Waals surface area contributed by atoms with Gasteiger partial charge in [-0.25, -0.2) is 0 Å². The van der Waals surface area contributed by atoms with E-state index in [0.717, 1.165) is 22.7 Å². The maximum Gasteiger partial charge on any atom is 0.0541 e. The van der Waals surface area contributed by atoms with Crippen LogP contribution in [0.4, 0.5) is 17.1 Å². The third-order valence-electron chi connectivity index (χ3n) is 11.4. The van der Waals surface area contributed by atoms with Gasteiger partial charge in [0.1, 0.15) is 0 Å². The number of fused-ring (bicyclic) bond motifs is 7. The highest BCUT2D eigenvalue weighted by molar-refractivity contribution is 6.10. The molecule has 262 valence electrons. The molecule has 0 fully saturated rings. The fraction of sp³-hybridized carbons (Fsp3) is 0. The normalized spacial score (nSPS) is 11.6. The third kappa shape index (κ3) is 5.26. The first-order valence-electron chi connectivity index (χ1n) is 19.3. The minimum Gasteiger partial charge on any atom is -0.310 e. The number of nitrogens with zero attached hydrogens (tertiary/aromatic N) is 2. The lowest BCUT2D eigenvalue weighted by molar-refractivity contribution is 1.17. The molecule has 2 nitrogen and oxygen atoms in total. The predicted octanol–water partition coefficient (Wildman–Crippen LogP) is 15.0. The number of benzene rings is 10. The van der Waals surface area contributed by atoms with Gasteiger partial charge in [0.15, 0.2) is 0 Å². The van der Waals surface area contributed by atoms with Crippen molar-refractivity contribution >= 4 is 71.2 Å². The summed E-state index contributed by atoms with van der Waals surface area (Å²) in [5.41, 5.74) is 11.7. The highest BCUT2D eigenvalue weighted by atomic mass is 15.1. The van der Waals surface area contributed by atoms with Gasteiger partial charge in [-0.15, -0.1) is 0 Å². The zero-order valence-corrected chi connectivity index (χ0v) is 30.7. The molecule has 0 saturated carbocycles. The summed E-state index contributed by atoms with van der Waals surface area (Å²) in [5.74, 6) is 0. The Labute approximate surface area is 325 Å². The molecule has 0 radical (unpaired) electrons. The highest BCUT2D eigenvalue weighted by Gasteiger charge is 2.17. The summed E-state index contributed by atoms with van der Waals surface area (Å²) in [4.78, 5) is 2.38. The van der Waals surface area contributed by atoms with Crippen molar-refractivity contribution in [3.8, 4) is 27.9 Å². The number of para-hydroxylation sites is 2. The van der Waals surface area contributed by atoms with Gasteiger partial charge >= 0.3 is 0 Å². The smallest absolute Gasteiger partial charge is 0.0541 e. The van der Waals surface area contributed by atoms with E-state index in [1.807, 2.05) is 0 Å². The summed E-state index contributed by atoms with van der Waals surface area (Å²) in [5, 5.41) is 10.0. The van der Waals surface area contributed by atoms with Gasteiger partial charge in [0, 0.05) is 33.5 Å². The van der Waals surface area contributed by atoms with Gasteiger partial charge in [0.2, 0.25) is 0 Å². The number of rotatable bonds is 6. The average Bonchev–Trinajstić information content (AvgIpc) is 3.61. The van der Waals surface area contributed by atoms with Crippen LogP contribution in [-0.2, 0) is 0 Å². The van der Waals surface area contributed by atoms with E-state index in [0.29, 0.717) is 0 Å². The predicted molar refractivity (Wildman–Crippen MR) is 239 cm³/mol. The topological polar surface area (TPSA) is 8.17 Å². The maximum atomic E-state index is 2.38. The Balaban J connectivity index is 1.05. The van der Waals surface area contributed by atoms with Crippen molar-refractivity contribution < 1.29 is 0 Å². The monoisotopic (exact) mass is 712 g/mol. The molecule has 0 unspecified atom stereocenters. The minimum atomic E-state index is 1.10. The minimum absolute atomic E-state index is 1.10. The Kier molecular flexibility index (Phi) is 7.53. The van der Waals surface area contributed by atoms with E-state index < -0.39 is 0 Å². The molecule has 0 saturated heterocycles. The molecule has 0 aliphatic carbocycles. The van der Waals surface area contributed by atoms with Crippen LogP contribution < -0.4 is 4.90 Å². The van der Waals surface area contributed by atoms with Gasteiger partial charge in [0.25, 0.3) is 0 Å². The standard InChI is InChI=1S/C54H36N2/c1-2-12-37(13-3-1)48-20-10-15-40-16-11-21-49(54(40)48)39-26-28-42(29-27-39)55(45-34-35-47-41(36-45)25-24-38-14-4-5-17-46(38)47)43-30-32-44(33-31-43)56-52-22-8-6-18-50(52)51-19-7-9-23-53(51)56/h1-36H. The number of hydrogen-bond donors (Lipinski definition) is 0. The van der Waals surface area contributed by atoms with Gasteiger partial charge in [-0.05, 0) is 115 Å². The summed E-state index contributed by atoms with van der Waals surface area (Å²) >= 11 is 0. The lowest BCUT2D eigenvalue weighted by Gasteiger charge is -2.26. The third-order valence-corrected chi connectivity index (χ3v) is 11.4. The van der Waals surface area contributed by atoms with Gasteiger partial charge in [0.05, 0.1) is 11.0 Å². The van der Waals surface area contributed by atoms with Gasteiger partial charge in [-0.1, -0.05) is 158 Å². The van der Waals surface area contributed by atoms with Crippen molar-refractivity contribution in [3.63, 3.8) is 0 Å². The molecule has 0 bridgehead atoms. The van der Waals surface area contributed by atoms with E-state index >= 15 is 0 Å². The molecule has 11 rings (SSSR count). The molecule has 1 aromatic heterocycles. The number of anilines is 3. The van der Waals surface area contributed by atoms with Crippen LogP contribution in [0.25, 0.3) is 82.1 Å². The highest BCUT2D eigenvalue weighted by Crippen LogP contribution is 2.41. The van der Waals surface area contributed by atoms with Gasteiger partial charge < -0.3 is 9.47 Å². The van der Waals surface area contributed by atoms with E-state index in [9.17, 15) is 0 Å². The number of aromatic nitrogens is 1. The average molecular weight is 713 g/mol. The first-order chi connectivity index (χ1) is 27.8. The van der Waals surface area contributed by atoms with Crippen LogP contribution >= 0.6 is 0 Å². The van der Waals surface area contributed by atoms with Crippen LogP contribution in [0, 0.1) is 0 Å². The molecular weight excluding hydrogens is 677 g/mol. The molecule has 2 heteroatoms. The van der Waals surface area contributed by atoms with Crippen molar-refractivity contribution in [2.75, 3.05) is 4.90 Å². The van der Waals surface area contributed by atoms with E-state index in [4.69, 9.17) is 0 Å². The van der Waals surface area contributed by atoms with Crippen LogP contribution in [-0.4, -0.2) is 4.57 Å². The second kappa shape index (κ2) is 13.2. The zero-order chi connectivity index (χ0) is 37.0. The Morgan fingerprint density at radius 2 is 0.804 bits per heavy atom. The molecule has 0 spiro atoms. The van der Waals surface area contributed by atoms with Crippen LogP contribution in [0.1, 0.15) is 0 Å². The van der Waals surface area contributed by atoms with Crippen molar-refractivity contribution in [1.29, 1.82) is 0 Å². The summed E-state index contributed by atoms with van der Waals surface area (Å²) in [6.45, 7) is 0. The molecule has 0 aliphatic rings. The summed E-state index contributed by atoms with van der Waals surface area (Å²) < 4.78 is 2.38. The second-order valence-electron chi connectivity index (χ2n) is 14.5. The fourth-order valence-corrected chi connectivity index (χ4v) is 8.77. The van der Waals surface area contributed by atoms with Crippen LogP contribution in [0.15, 0.2) is 218 Å². The van der Waals surface area contributed by atoms with Gasteiger partial charge in [-0.2, -0.15) is 0 Å². The SMILES string of the molecule is c1ccc(-c2cccc3cccc(-c4ccc(N(c5ccc(-n6c7ccccc7c7ccccc76)cc5)c5ccc6c(ccc7ccccc76)c5)cc4)c23)cc1. The Morgan fingerprint density at radius 3 is 1.48 bits per heavy atom. The first-order valence-corrected chi connectivity index (χ1v) is 19.3.